The van der Waals surface area contributed by atoms with Gasteiger partial charge in [-0.3, -0.25) is 9.36 Å². The first-order valence-corrected chi connectivity index (χ1v) is 5.83. The lowest BCUT2D eigenvalue weighted by atomic mass is 10.3. The molecule has 6 heteroatoms. The zero-order chi connectivity index (χ0) is 13.1. The van der Waals surface area contributed by atoms with Crippen LogP contribution in [0.4, 0.5) is 0 Å². The van der Waals surface area contributed by atoms with Gasteiger partial charge in [0.2, 0.25) is 0 Å². The molecule has 0 aliphatic carbocycles. The first-order chi connectivity index (χ1) is 8.65. The van der Waals surface area contributed by atoms with Crippen molar-refractivity contribution in [3.63, 3.8) is 0 Å². The minimum absolute atomic E-state index is 0.0798. The molecule has 0 aromatic carbocycles. The number of hydrogen-bond acceptors (Lipinski definition) is 5. The summed E-state index contributed by atoms with van der Waals surface area (Å²) in [7, 11) is 0. The maximum absolute atomic E-state index is 11.5. The first-order valence-electron chi connectivity index (χ1n) is 5.83. The molecule has 1 aliphatic rings. The predicted molar refractivity (Wildman–Crippen MR) is 64.5 cm³/mol. The fourth-order valence-corrected chi connectivity index (χ4v) is 1.72. The number of aryl methyl sites for hydroxylation is 1. The largest absolute Gasteiger partial charge is 0.465 e. The Morgan fingerprint density at radius 3 is 2.94 bits per heavy atom. The van der Waals surface area contributed by atoms with Crippen molar-refractivity contribution in [1.82, 2.24) is 9.55 Å². The van der Waals surface area contributed by atoms with Crippen LogP contribution in [0.3, 0.4) is 0 Å². The molecule has 0 saturated carbocycles. The Hall–Kier alpha value is -1.66. The molecule has 1 N–H and O–H groups in total. The second kappa shape index (κ2) is 5.32. The average molecular weight is 252 g/mol. The van der Waals surface area contributed by atoms with E-state index in [2.05, 4.69) is 4.98 Å². The van der Waals surface area contributed by atoms with E-state index < -0.39 is 6.23 Å². The number of ether oxygens (including phenoxy) is 2. The summed E-state index contributed by atoms with van der Waals surface area (Å²) in [5, 5.41) is 9.02. The Morgan fingerprint density at radius 2 is 2.33 bits per heavy atom. The second-order valence-electron chi connectivity index (χ2n) is 3.98. The SMILES string of the molecule is CCOc1nc(=O)c(C)cn1[C@H]1C=C[C@@H](CO)O1. The van der Waals surface area contributed by atoms with Crippen LogP contribution in [0.1, 0.15) is 18.7 Å². The minimum Gasteiger partial charge on any atom is -0.465 e. The van der Waals surface area contributed by atoms with Crippen LogP contribution in [0.2, 0.25) is 0 Å². The maximum atomic E-state index is 11.5. The first kappa shape index (κ1) is 12.8. The Labute approximate surface area is 104 Å². The highest BCUT2D eigenvalue weighted by atomic mass is 16.5. The molecule has 0 fully saturated rings. The molecule has 1 aromatic rings. The molecule has 0 spiro atoms. The van der Waals surface area contributed by atoms with E-state index in [0.717, 1.165) is 0 Å². The summed E-state index contributed by atoms with van der Waals surface area (Å²) in [6.07, 6.45) is 4.48. The highest BCUT2D eigenvalue weighted by Gasteiger charge is 2.22. The van der Waals surface area contributed by atoms with E-state index in [4.69, 9.17) is 14.6 Å². The Bertz CT molecular complexity index is 509. The zero-order valence-electron chi connectivity index (χ0n) is 10.4. The van der Waals surface area contributed by atoms with Crippen molar-refractivity contribution >= 4 is 0 Å². The van der Waals surface area contributed by atoms with Crippen molar-refractivity contribution in [2.24, 2.45) is 0 Å². The third-order valence-electron chi connectivity index (χ3n) is 2.62. The summed E-state index contributed by atoms with van der Waals surface area (Å²) >= 11 is 0. The van der Waals surface area contributed by atoms with Crippen LogP contribution in [0, 0.1) is 6.92 Å². The topological polar surface area (TPSA) is 73.6 Å². The van der Waals surface area contributed by atoms with Gasteiger partial charge in [0, 0.05) is 11.8 Å². The third kappa shape index (κ3) is 2.44. The van der Waals surface area contributed by atoms with Crippen LogP contribution in [0.25, 0.3) is 0 Å². The molecule has 0 unspecified atom stereocenters. The molecule has 18 heavy (non-hydrogen) atoms. The van der Waals surface area contributed by atoms with E-state index >= 15 is 0 Å². The number of aromatic nitrogens is 2. The fourth-order valence-electron chi connectivity index (χ4n) is 1.72. The predicted octanol–water partition coefficient (Wildman–Crippen LogP) is 0.396. The molecule has 0 radical (unpaired) electrons. The molecule has 2 heterocycles. The number of hydrogen-bond donors (Lipinski definition) is 1. The van der Waals surface area contributed by atoms with Gasteiger partial charge in [-0.25, -0.2) is 0 Å². The molecule has 2 rings (SSSR count). The number of nitrogens with zero attached hydrogens (tertiary/aromatic N) is 2. The molecule has 98 valence electrons. The van der Waals surface area contributed by atoms with Crippen LogP contribution in [0.15, 0.2) is 23.1 Å². The van der Waals surface area contributed by atoms with Gasteiger partial charge in [0.15, 0.2) is 6.23 Å². The number of aliphatic hydroxyl groups excluding tert-OH is 1. The number of aliphatic hydroxyl groups is 1. The van der Waals surface area contributed by atoms with Crippen molar-refractivity contribution in [3.8, 4) is 6.01 Å². The highest BCUT2D eigenvalue weighted by molar-refractivity contribution is 5.13. The van der Waals surface area contributed by atoms with E-state index in [1.807, 2.05) is 6.92 Å². The van der Waals surface area contributed by atoms with Gasteiger partial charge in [0.05, 0.1) is 13.2 Å². The van der Waals surface area contributed by atoms with Gasteiger partial charge in [0.1, 0.15) is 6.10 Å². The quantitative estimate of drug-likeness (QED) is 0.785. The van der Waals surface area contributed by atoms with Crippen molar-refractivity contribution < 1.29 is 14.6 Å². The van der Waals surface area contributed by atoms with Crippen molar-refractivity contribution in [1.29, 1.82) is 0 Å². The highest BCUT2D eigenvalue weighted by Crippen LogP contribution is 2.24. The monoisotopic (exact) mass is 252 g/mol. The van der Waals surface area contributed by atoms with Crippen LogP contribution in [-0.4, -0.2) is 34.0 Å². The van der Waals surface area contributed by atoms with Gasteiger partial charge in [-0.05, 0) is 19.9 Å². The zero-order valence-corrected chi connectivity index (χ0v) is 10.4. The molecule has 0 amide bonds. The smallest absolute Gasteiger partial charge is 0.302 e. The van der Waals surface area contributed by atoms with Gasteiger partial charge in [-0.2, -0.15) is 4.98 Å². The van der Waals surface area contributed by atoms with E-state index in [1.165, 1.54) is 0 Å². The molecular formula is C12H16N2O4. The van der Waals surface area contributed by atoms with E-state index in [-0.39, 0.29) is 24.3 Å². The van der Waals surface area contributed by atoms with Gasteiger partial charge in [-0.1, -0.05) is 6.08 Å². The molecule has 1 aromatic heterocycles. The van der Waals surface area contributed by atoms with E-state index in [9.17, 15) is 4.79 Å². The Morgan fingerprint density at radius 1 is 1.56 bits per heavy atom. The molecule has 1 aliphatic heterocycles. The molecule has 6 nitrogen and oxygen atoms in total. The molecular weight excluding hydrogens is 236 g/mol. The lowest BCUT2D eigenvalue weighted by Crippen LogP contribution is -2.22. The fraction of sp³-hybridized carbons (Fsp3) is 0.500. The molecule has 2 atom stereocenters. The summed E-state index contributed by atoms with van der Waals surface area (Å²) < 4.78 is 12.5. The molecule has 0 bridgehead atoms. The van der Waals surface area contributed by atoms with E-state index in [0.29, 0.717) is 12.2 Å². The lowest BCUT2D eigenvalue weighted by molar-refractivity contribution is -0.0128. The van der Waals surface area contributed by atoms with Crippen LogP contribution in [0.5, 0.6) is 6.01 Å². The van der Waals surface area contributed by atoms with Crippen molar-refractivity contribution in [2.45, 2.75) is 26.2 Å². The summed E-state index contributed by atoms with van der Waals surface area (Å²) in [6.45, 7) is 3.83. The average Bonchev–Trinajstić information content (AvgIpc) is 2.82. The Kier molecular flexibility index (Phi) is 3.78. The van der Waals surface area contributed by atoms with Gasteiger partial charge in [-0.15, -0.1) is 0 Å². The summed E-state index contributed by atoms with van der Waals surface area (Å²) in [5.41, 5.74) is 0.207. The minimum atomic E-state index is -0.407. The van der Waals surface area contributed by atoms with E-state index in [1.54, 1.807) is 29.8 Å². The standard InChI is InChI=1S/C12H16N2O4/c1-3-17-12-13-11(16)8(2)6-14(12)10-5-4-9(7-15)18-10/h4-6,9-10,15H,3,7H2,1-2H3/t9-,10+/m0/s1. The van der Waals surface area contributed by atoms with Crippen LogP contribution < -0.4 is 10.3 Å². The van der Waals surface area contributed by atoms with Crippen molar-refractivity contribution in [3.05, 3.63) is 34.3 Å². The molecule has 0 saturated heterocycles. The van der Waals surface area contributed by atoms with Gasteiger partial charge >= 0.3 is 6.01 Å². The van der Waals surface area contributed by atoms with Crippen LogP contribution in [-0.2, 0) is 4.74 Å². The number of rotatable bonds is 4. The third-order valence-corrected chi connectivity index (χ3v) is 2.62. The summed E-state index contributed by atoms with van der Waals surface area (Å²) in [5.74, 6) is 0. The van der Waals surface area contributed by atoms with Crippen molar-refractivity contribution in [2.75, 3.05) is 13.2 Å². The normalized spacial score (nSPS) is 22.4. The van der Waals surface area contributed by atoms with Gasteiger partial charge < -0.3 is 14.6 Å². The lowest BCUT2D eigenvalue weighted by Gasteiger charge is -2.19. The van der Waals surface area contributed by atoms with Crippen LogP contribution >= 0.6 is 0 Å². The summed E-state index contributed by atoms with van der Waals surface area (Å²) in [4.78, 5) is 15.4. The Balaban J connectivity index is 2.34. The maximum Gasteiger partial charge on any atom is 0.302 e. The van der Waals surface area contributed by atoms with Gasteiger partial charge in [0.25, 0.3) is 5.56 Å². The summed E-state index contributed by atoms with van der Waals surface area (Å²) in [6, 6.07) is 0.223. The second-order valence-corrected chi connectivity index (χ2v) is 3.98.